The Morgan fingerprint density at radius 2 is 1.59 bits per heavy atom. The summed E-state index contributed by atoms with van der Waals surface area (Å²) in [5, 5.41) is 6.51. The van der Waals surface area contributed by atoms with Gasteiger partial charge in [-0.05, 0) is 50.2 Å². The van der Waals surface area contributed by atoms with Crippen molar-refractivity contribution in [2.45, 2.75) is 13.8 Å². The SMILES string of the molecule is COc1ccc(NC(=O)C(C)(C)C(=O)Nc2cccc3cccnc23)cc1. The summed E-state index contributed by atoms with van der Waals surface area (Å²) in [6.07, 6.45) is 1.67. The van der Waals surface area contributed by atoms with Crippen LogP contribution < -0.4 is 15.4 Å². The number of amides is 2. The lowest BCUT2D eigenvalue weighted by molar-refractivity contribution is -0.135. The summed E-state index contributed by atoms with van der Waals surface area (Å²) in [5.41, 5.74) is 0.563. The molecule has 0 aliphatic carbocycles. The van der Waals surface area contributed by atoms with Crippen molar-refractivity contribution in [1.82, 2.24) is 4.98 Å². The summed E-state index contributed by atoms with van der Waals surface area (Å²) in [4.78, 5) is 29.8. The Morgan fingerprint density at radius 3 is 2.30 bits per heavy atom. The van der Waals surface area contributed by atoms with Gasteiger partial charge in [-0.15, -0.1) is 0 Å². The molecule has 0 saturated heterocycles. The Balaban J connectivity index is 1.76. The fourth-order valence-corrected chi connectivity index (χ4v) is 2.55. The number of ether oxygens (including phenoxy) is 1. The summed E-state index contributed by atoms with van der Waals surface area (Å²) < 4.78 is 5.10. The molecule has 2 N–H and O–H groups in total. The summed E-state index contributed by atoms with van der Waals surface area (Å²) in [5.74, 6) is -0.126. The molecule has 138 valence electrons. The van der Waals surface area contributed by atoms with Crippen LogP contribution in [0.2, 0.25) is 0 Å². The van der Waals surface area contributed by atoms with E-state index in [9.17, 15) is 9.59 Å². The van der Waals surface area contributed by atoms with Gasteiger partial charge in [0.2, 0.25) is 11.8 Å². The van der Waals surface area contributed by atoms with Crippen molar-refractivity contribution >= 4 is 34.1 Å². The molecule has 2 aromatic carbocycles. The van der Waals surface area contributed by atoms with Crippen LogP contribution in [0.3, 0.4) is 0 Å². The minimum absolute atomic E-state index is 0.404. The highest BCUT2D eigenvalue weighted by Gasteiger charge is 2.36. The van der Waals surface area contributed by atoms with Crippen molar-refractivity contribution in [2.24, 2.45) is 5.41 Å². The maximum absolute atomic E-state index is 12.8. The molecular formula is C21H21N3O3. The van der Waals surface area contributed by atoms with Gasteiger partial charge >= 0.3 is 0 Å². The van der Waals surface area contributed by atoms with Crippen molar-refractivity contribution in [3.05, 3.63) is 60.8 Å². The number of methoxy groups -OCH3 is 1. The Kier molecular flexibility index (Phi) is 5.07. The molecule has 0 radical (unpaired) electrons. The van der Waals surface area contributed by atoms with Crippen LogP contribution >= 0.6 is 0 Å². The topological polar surface area (TPSA) is 80.3 Å². The van der Waals surface area contributed by atoms with Crippen molar-refractivity contribution in [3.8, 4) is 5.75 Å². The maximum Gasteiger partial charge on any atom is 0.239 e. The first-order chi connectivity index (χ1) is 12.9. The molecule has 2 amide bonds. The van der Waals surface area contributed by atoms with Gasteiger partial charge in [-0.2, -0.15) is 0 Å². The molecule has 3 aromatic rings. The summed E-state index contributed by atoms with van der Waals surface area (Å²) in [6.45, 7) is 3.17. The molecule has 6 heteroatoms. The van der Waals surface area contributed by atoms with Crippen LogP contribution in [0.25, 0.3) is 10.9 Å². The number of aromatic nitrogens is 1. The number of carbonyl (C=O) groups excluding carboxylic acids is 2. The van der Waals surface area contributed by atoms with Crippen molar-refractivity contribution in [3.63, 3.8) is 0 Å². The quantitative estimate of drug-likeness (QED) is 0.675. The number of hydrogen-bond acceptors (Lipinski definition) is 4. The molecule has 3 rings (SSSR count). The highest BCUT2D eigenvalue weighted by Crippen LogP contribution is 2.25. The largest absolute Gasteiger partial charge is 0.497 e. The van der Waals surface area contributed by atoms with E-state index in [0.717, 1.165) is 5.39 Å². The fourth-order valence-electron chi connectivity index (χ4n) is 2.55. The Morgan fingerprint density at radius 1 is 0.926 bits per heavy atom. The van der Waals surface area contributed by atoms with E-state index in [1.54, 1.807) is 57.5 Å². The zero-order valence-corrected chi connectivity index (χ0v) is 15.4. The van der Waals surface area contributed by atoms with E-state index in [4.69, 9.17) is 4.74 Å². The smallest absolute Gasteiger partial charge is 0.239 e. The molecule has 0 aliphatic rings. The van der Waals surface area contributed by atoms with Crippen molar-refractivity contribution in [2.75, 3.05) is 17.7 Å². The summed E-state index contributed by atoms with van der Waals surface area (Å²) in [7, 11) is 1.57. The normalized spacial score (nSPS) is 11.1. The average Bonchev–Trinajstić information content (AvgIpc) is 2.68. The van der Waals surface area contributed by atoms with Crippen LogP contribution in [-0.2, 0) is 9.59 Å². The molecule has 6 nitrogen and oxygen atoms in total. The number of nitrogens with zero attached hydrogens (tertiary/aromatic N) is 1. The number of anilines is 2. The third kappa shape index (κ3) is 3.89. The van der Waals surface area contributed by atoms with Gasteiger partial charge in [0.05, 0.1) is 18.3 Å². The molecule has 1 heterocycles. The molecule has 0 spiro atoms. The van der Waals surface area contributed by atoms with Crippen molar-refractivity contribution in [1.29, 1.82) is 0 Å². The van der Waals surface area contributed by atoms with Crippen molar-refractivity contribution < 1.29 is 14.3 Å². The zero-order valence-electron chi connectivity index (χ0n) is 15.4. The molecule has 0 atom stereocenters. The molecular weight excluding hydrogens is 342 g/mol. The Hall–Kier alpha value is -3.41. The number of nitrogens with one attached hydrogen (secondary N) is 2. The van der Waals surface area contributed by atoms with E-state index < -0.39 is 17.2 Å². The minimum atomic E-state index is -1.28. The standard InChI is InChI=1S/C21H21N3O3/c1-21(2,19(25)23-15-9-11-16(27-3)12-10-15)20(26)24-17-8-4-6-14-7-5-13-22-18(14)17/h4-13H,1-3H3,(H,23,25)(H,24,26). The van der Waals surface area contributed by atoms with E-state index in [1.165, 1.54) is 0 Å². The average molecular weight is 363 g/mol. The monoisotopic (exact) mass is 363 g/mol. The molecule has 0 saturated carbocycles. The Bertz CT molecular complexity index is 976. The van der Waals surface area contributed by atoms with E-state index in [2.05, 4.69) is 15.6 Å². The lowest BCUT2D eigenvalue weighted by Crippen LogP contribution is -2.41. The van der Waals surface area contributed by atoms with E-state index in [0.29, 0.717) is 22.6 Å². The molecule has 0 aliphatic heterocycles. The zero-order chi connectivity index (χ0) is 19.4. The Labute approximate surface area is 157 Å². The summed E-state index contributed by atoms with van der Waals surface area (Å²) >= 11 is 0. The van der Waals surface area contributed by atoms with Gasteiger partial charge < -0.3 is 15.4 Å². The molecule has 1 aromatic heterocycles. The van der Waals surface area contributed by atoms with Crippen LogP contribution in [-0.4, -0.2) is 23.9 Å². The molecule has 27 heavy (non-hydrogen) atoms. The van der Waals surface area contributed by atoms with E-state index in [1.807, 2.05) is 24.3 Å². The number of hydrogen-bond donors (Lipinski definition) is 2. The second kappa shape index (κ2) is 7.45. The molecule has 0 unspecified atom stereocenters. The van der Waals surface area contributed by atoms with Crippen LogP contribution in [0.4, 0.5) is 11.4 Å². The van der Waals surface area contributed by atoms with Crippen LogP contribution in [0.5, 0.6) is 5.75 Å². The van der Waals surface area contributed by atoms with Gasteiger partial charge in [-0.3, -0.25) is 14.6 Å². The fraction of sp³-hybridized carbons (Fsp3) is 0.190. The number of pyridine rings is 1. The number of carbonyl (C=O) groups is 2. The highest BCUT2D eigenvalue weighted by atomic mass is 16.5. The van der Waals surface area contributed by atoms with Crippen LogP contribution in [0.1, 0.15) is 13.8 Å². The third-order valence-electron chi connectivity index (χ3n) is 4.36. The number of fused-ring (bicyclic) bond motifs is 1. The van der Waals surface area contributed by atoms with Gasteiger partial charge in [-0.1, -0.05) is 18.2 Å². The second-order valence-corrected chi connectivity index (χ2v) is 6.64. The number of benzene rings is 2. The minimum Gasteiger partial charge on any atom is -0.497 e. The van der Waals surface area contributed by atoms with Gasteiger partial charge in [0.15, 0.2) is 0 Å². The lowest BCUT2D eigenvalue weighted by Gasteiger charge is -2.23. The van der Waals surface area contributed by atoms with Crippen LogP contribution in [0, 0.1) is 5.41 Å². The highest BCUT2D eigenvalue weighted by molar-refractivity contribution is 6.15. The predicted molar refractivity (Wildman–Crippen MR) is 106 cm³/mol. The van der Waals surface area contributed by atoms with Gasteiger partial charge in [0, 0.05) is 17.3 Å². The summed E-state index contributed by atoms with van der Waals surface area (Å²) in [6, 6.07) is 16.2. The number of para-hydroxylation sites is 1. The van der Waals surface area contributed by atoms with Gasteiger partial charge in [0.1, 0.15) is 11.2 Å². The molecule has 0 bridgehead atoms. The first-order valence-electron chi connectivity index (χ1n) is 8.52. The molecule has 0 fully saturated rings. The first kappa shape index (κ1) is 18.4. The number of rotatable bonds is 5. The maximum atomic E-state index is 12.8. The van der Waals surface area contributed by atoms with Crippen LogP contribution in [0.15, 0.2) is 60.8 Å². The van der Waals surface area contributed by atoms with Gasteiger partial charge in [-0.25, -0.2) is 0 Å². The predicted octanol–water partition coefficient (Wildman–Crippen LogP) is 3.85. The van der Waals surface area contributed by atoms with E-state index in [-0.39, 0.29) is 0 Å². The van der Waals surface area contributed by atoms with E-state index >= 15 is 0 Å². The van der Waals surface area contributed by atoms with Gasteiger partial charge in [0.25, 0.3) is 0 Å². The lowest BCUT2D eigenvalue weighted by atomic mass is 9.90. The third-order valence-corrected chi connectivity index (χ3v) is 4.36. The first-order valence-corrected chi connectivity index (χ1v) is 8.52. The second-order valence-electron chi connectivity index (χ2n) is 6.64.